The lowest BCUT2D eigenvalue weighted by atomic mass is 9.33. The van der Waals surface area contributed by atoms with Crippen LogP contribution in [0.25, 0.3) is 33.4 Å². The van der Waals surface area contributed by atoms with E-state index in [2.05, 4.69) is 143 Å². The summed E-state index contributed by atoms with van der Waals surface area (Å²) in [6, 6.07) is 22.7. The molecule has 3 nitrogen and oxygen atoms in total. The number of aryl methyl sites for hydroxylation is 2. The van der Waals surface area contributed by atoms with Gasteiger partial charge in [0.2, 0.25) is 0 Å². The van der Waals surface area contributed by atoms with Crippen LogP contribution in [0.1, 0.15) is 56.9 Å². The topological polar surface area (TPSA) is 21.1 Å². The van der Waals surface area contributed by atoms with Crippen LogP contribution in [0.15, 0.2) is 98.0 Å². The molecule has 0 atom stereocenters. The minimum absolute atomic E-state index is 0.00810. The largest absolute Gasteiger partial charge is 0.318 e. The predicted octanol–water partition coefficient (Wildman–Crippen LogP) is 8.01. The van der Waals surface area contributed by atoms with Crippen LogP contribution in [0, 0.1) is 13.8 Å². The maximum absolute atomic E-state index is 5.06. The number of anilines is 2. The first-order valence-corrected chi connectivity index (χ1v) is 15.3. The minimum atomic E-state index is -0.00810. The molecule has 0 radical (unpaired) electrons. The van der Waals surface area contributed by atoms with Gasteiger partial charge in [0, 0.05) is 23.0 Å². The summed E-state index contributed by atoms with van der Waals surface area (Å²) in [6.45, 7) is 20.0. The molecule has 4 aromatic carbocycles. The van der Waals surface area contributed by atoms with Gasteiger partial charge in [-0.15, -0.1) is 0 Å². The molecule has 0 saturated carbocycles. The summed E-state index contributed by atoms with van der Waals surface area (Å²) in [7, 11) is 0. The van der Waals surface area contributed by atoms with Crippen molar-refractivity contribution >= 4 is 51.1 Å². The molecule has 0 bridgehead atoms. The number of aromatic nitrogens is 2. The lowest BCUT2D eigenvalue weighted by molar-refractivity contribution is 0.591. The van der Waals surface area contributed by atoms with Crippen LogP contribution in [0.5, 0.6) is 0 Å². The van der Waals surface area contributed by atoms with Gasteiger partial charge < -0.3 is 4.90 Å². The van der Waals surface area contributed by atoms with Crippen LogP contribution in [-0.2, 0) is 5.41 Å². The summed E-state index contributed by atoms with van der Waals surface area (Å²) < 4.78 is 2.36. The fraction of sp³-hybridized carbons (Fsp3) is 0.205. The molecule has 4 heteroatoms. The molecule has 0 unspecified atom stereocenters. The molecule has 5 aromatic rings. The minimum Gasteiger partial charge on any atom is -0.318 e. The molecule has 0 fully saturated rings. The Morgan fingerprint density at radius 3 is 2.35 bits per heavy atom. The first kappa shape index (κ1) is 27.3. The zero-order valence-corrected chi connectivity index (χ0v) is 26.3. The Hall–Kier alpha value is -4.57. The van der Waals surface area contributed by atoms with Crippen molar-refractivity contribution in [3.63, 3.8) is 0 Å². The molecule has 0 amide bonds. The summed E-state index contributed by atoms with van der Waals surface area (Å²) in [5.74, 6) is 0. The first-order chi connectivity index (χ1) is 20.7. The average Bonchev–Trinajstić information content (AvgIpc) is 3.42. The van der Waals surface area contributed by atoms with Crippen LogP contribution in [0.2, 0.25) is 0 Å². The number of fused-ring (bicyclic) bond motifs is 4. The molecule has 0 spiro atoms. The van der Waals surface area contributed by atoms with E-state index in [1.807, 2.05) is 12.5 Å². The highest BCUT2D eigenvalue weighted by Gasteiger charge is 2.44. The van der Waals surface area contributed by atoms with Crippen molar-refractivity contribution in [1.29, 1.82) is 0 Å². The summed E-state index contributed by atoms with van der Waals surface area (Å²) in [5.41, 5.74) is 18.5. The number of hydrogen-bond acceptors (Lipinski definition) is 2. The summed E-state index contributed by atoms with van der Waals surface area (Å²) in [6.07, 6.45) is 10.6. The van der Waals surface area contributed by atoms with Gasteiger partial charge in [0.05, 0.1) is 22.4 Å². The molecule has 3 heterocycles. The molecular weight excluding hydrogens is 521 g/mol. The van der Waals surface area contributed by atoms with Crippen molar-refractivity contribution in [2.75, 3.05) is 4.90 Å². The van der Waals surface area contributed by atoms with Crippen molar-refractivity contribution in [1.82, 2.24) is 9.55 Å². The van der Waals surface area contributed by atoms with Gasteiger partial charge in [0.25, 0.3) is 6.71 Å². The molecule has 0 N–H and O–H groups in total. The third-order valence-corrected chi connectivity index (χ3v) is 9.19. The monoisotopic (exact) mass is 559 g/mol. The Labute approximate surface area is 256 Å². The van der Waals surface area contributed by atoms with Gasteiger partial charge >= 0.3 is 0 Å². The van der Waals surface area contributed by atoms with Crippen LogP contribution < -0.4 is 21.3 Å². The maximum Gasteiger partial charge on any atom is 0.252 e. The fourth-order valence-corrected chi connectivity index (χ4v) is 7.37. The third kappa shape index (κ3) is 3.92. The van der Waals surface area contributed by atoms with Crippen molar-refractivity contribution in [3.05, 3.63) is 120 Å². The van der Waals surface area contributed by atoms with Crippen molar-refractivity contribution < 1.29 is 0 Å². The van der Waals surface area contributed by atoms with Gasteiger partial charge in [0.15, 0.2) is 0 Å². The number of imidazole rings is 1. The maximum atomic E-state index is 5.06. The normalized spacial score (nSPS) is 14.0. The Morgan fingerprint density at radius 1 is 0.907 bits per heavy atom. The van der Waals surface area contributed by atoms with Crippen molar-refractivity contribution in [2.24, 2.45) is 0 Å². The highest BCUT2D eigenvalue weighted by Crippen LogP contribution is 2.44. The van der Waals surface area contributed by atoms with E-state index in [1.54, 1.807) is 0 Å². The molecule has 7 rings (SSSR count). The molecule has 0 aliphatic carbocycles. The SMILES string of the molecule is C=CN1c2c(C)cc(C)cc2B2c3c1c(C(/C=C\C)=C/C)cc(-c1ccccc1)c3-n1cnc3cc(C(C)(C)C)cc2c31. The van der Waals surface area contributed by atoms with E-state index in [4.69, 9.17) is 4.98 Å². The third-order valence-electron chi connectivity index (χ3n) is 9.19. The van der Waals surface area contributed by atoms with E-state index in [1.165, 1.54) is 77.9 Å². The molecule has 1 aromatic heterocycles. The number of nitrogens with zero attached hydrogens (tertiary/aromatic N) is 3. The van der Waals surface area contributed by atoms with Crippen LogP contribution in [0.3, 0.4) is 0 Å². The molecule has 0 saturated heterocycles. The van der Waals surface area contributed by atoms with Crippen LogP contribution in [0.4, 0.5) is 11.4 Å². The molecule has 43 heavy (non-hydrogen) atoms. The summed E-state index contributed by atoms with van der Waals surface area (Å²) in [5, 5.41) is 0. The van der Waals surface area contributed by atoms with Gasteiger partial charge in [-0.25, -0.2) is 4.98 Å². The second kappa shape index (κ2) is 9.74. The van der Waals surface area contributed by atoms with Crippen molar-refractivity contribution in [3.8, 4) is 16.8 Å². The summed E-state index contributed by atoms with van der Waals surface area (Å²) in [4.78, 5) is 7.41. The number of allylic oxidation sites excluding steroid dienone is 4. The number of hydrogen-bond donors (Lipinski definition) is 0. The quantitative estimate of drug-likeness (QED) is 0.161. The van der Waals surface area contributed by atoms with Gasteiger partial charge in [-0.3, -0.25) is 4.57 Å². The van der Waals surface area contributed by atoms with E-state index in [9.17, 15) is 0 Å². The highest BCUT2D eigenvalue weighted by atomic mass is 15.1. The molecule has 212 valence electrons. The molecule has 2 aliphatic heterocycles. The van der Waals surface area contributed by atoms with Gasteiger partial charge in [-0.1, -0.05) is 99.7 Å². The Balaban J connectivity index is 1.75. The lowest BCUT2D eigenvalue weighted by Crippen LogP contribution is -2.61. The average molecular weight is 560 g/mol. The molecule has 2 aliphatic rings. The van der Waals surface area contributed by atoms with Gasteiger partial charge in [0.1, 0.15) is 6.33 Å². The van der Waals surface area contributed by atoms with Gasteiger partial charge in [-0.2, -0.15) is 0 Å². The predicted molar refractivity (Wildman–Crippen MR) is 187 cm³/mol. The Morgan fingerprint density at radius 2 is 1.67 bits per heavy atom. The number of benzene rings is 4. The van der Waals surface area contributed by atoms with E-state index >= 15 is 0 Å². The van der Waals surface area contributed by atoms with Gasteiger partial charge in [-0.05, 0) is 83.9 Å². The van der Waals surface area contributed by atoms with Crippen molar-refractivity contribution in [2.45, 2.75) is 53.9 Å². The highest BCUT2D eigenvalue weighted by molar-refractivity contribution is 7.00. The second-order valence-electron chi connectivity index (χ2n) is 13.0. The lowest BCUT2D eigenvalue weighted by Gasteiger charge is -2.42. The zero-order chi connectivity index (χ0) is 30.2. The van der Waals surface area contributed by atoms with Crippen LogP contribution in [-0.4, -0.2) is 16.3 Å². The van der Waals surface area contributed by atoms with E-state index < -0.39 is 0 Å². The summed E-state index contributed by atoms with van der Waals surface area (Å²) >= 11 is 0. The van der Waals surface area contributed by atoms with Crippen LogP contribution >= 0.6 is 0 Å². The second-order valence-corrected chi connectivity index (χ2v) is 13.0. The first-order valence-electron chi connectivity index (χ1n) is 15.3. The Kier molecular flexibility index (Phi) is 6.18. The standard InChI is InChI=1S/C39H38BN3/c1-9-15-26(10-2)29-22-30(27-16-13-12-14-17-27)37-34-36(29)42(11-3)35-25(5)18-24(4)19-31(35)40(34)32-20-28(39(6,7)8)21-33-38(32)43(37)23-41-33/h9-23H,3H2,1-2,4-8H3/b15-9-,26-10+. The Bertz CT molecular complexity index is 2020. The molecular formula is C39H38BN3. The zero-order valence-electron chi connectivity index (χ0n) is 26.3. The van der Waals surface area contributed by atoms with E-state index in [0.29, 0.717) is 0 Å². The fourth-order valence-electron chi connectivity index (χ4n) is 7.37. The number of rotatable bonds is 4. The van der Waals surface area contributed by atoms with E-state index in [0.717, 1.165) is 5.52 Å². The smallest absolute Gasteiger partial charge is 0.252 e. The van der Waals surface area contributed by atoms with E-state index in [-0.39, 0.29) is 12.1 Å².